The molecule has 0 aliphatic heterocycles. The molecule has 1 aromatic heterocycles. The molecule has 1 aromatic rings. The van der Waals surface area contributed by atoms with Gasteiger partial charge in [-0.05, 0) is 31.3 Å². The molecule has 79 valence electrons. The molecule has 0 N–H and O–H groups in total. The third kappa shape index (κ3) is 4.73. The zero-order valence-electron chi connectivity index (χ0n) is 8.73. The Morgan fingerprint density at radius 3 is 2.93 bits per heavy atom. The fourth-order valence-electron chi connectivity index (χ4n) is 1.07. The van der Waals surface area contributed by atoms with E-state index in [-0.39, 0.29) is 24.7 Å². The van der Waals surface area contributed by atoms with Gasteiger partial charge in [-0.1, -0.05) is 5.92 Å². The third-order valence-electron chi connectivity index (χ3n) is 1.74. The van der Waals surface area contributed by atoms with Crippen LogP contribution in [0.3, 0.4) is 0 Å². The Bertz CT molecular complexity index is 338. The molecule has 1 heterocycles. The first-order chi connectivity index (χ1) is 6.77. The van der Waals surface area contributed by atoms with E-state index >= 15 is 0 Å². The van der Waals surface area contributed by atoms with Crippen LogP contribution in [0.2, 0.25) is 0 Å². The van der Waals surface area contributed by atoms with Crippen LogP contribution in [-0.4, -0.2) is 12.8 Å². The van der Waals surface area contributed by atoms with Crippen molar-refractivity contribution < 1.29 is 27.5 Å². The van der Waals surface area contributed by atoms with Crippen molar-refractivity contribution in [2.75, 3.05) is 6.66 Å². The van der Waals surface area contributed by atoms with Crippen LogP contribution in [-0.2, 0) is 23.1 Å². The van der Waals surface area contributed by atoms with Gasteiger partial charge in [-0.3, -0.25) is 0 Å². The summed E-state index contributed by atoms with van der Waals surface area (Å²) >= 11 is 0. The molecular formula is C11H13O2PV. The Morgan fingerprint density at radius 1 is 1.73 bits per heavy atom. The average molecular weight is 259 g/mol. The third-order valence-corrected chi connectivity index (χ3v) is 2.21. The van der Waals surface area contributed by atoms with Gasteiger partial charge in [0.25, 0.3) is 0 Å². The Hall–Kier alpha value is -0.446. The molecule has 0 spiro atoms. The van der Waals surface area contributed by atoms with Crippen molar-refractivity contribution in [3.05, 3.63) is 29.7 Å². The zero-order chi connectivity index (χ0) is 10.4. The first-order valence-electron chi connectivity index (χ1n) is 4.27. The number of terminal acetylenes is 1. The van der Waals surface area contributed by atoms with Crippen LogP contribution < -0.4 is 0 Å². The molecule has 0 aliphatic rings. The van der Waals surface area contributed by atoms with E-state index in [1.165, 1.54) is 0 Å². The molecule has 2 atom stereocenters. The van der Waals surface area contributed by atoms with Crippen molar-refractivity contribution in [3.8, 4) is 12.3 Å². The van der Waals surface area contributed by atoms with Crippen LogP contribution in [0.5, 0.6) is 0 Å². The van der Waals surface area contributed by atoms with Gasteiger partial charge < -0.3 is 8.94 Å². The van der Waals surface area contributed by atoms with Crippen molar-refractivity contribution in [2.45, 2.75) is 13.0 Å². The van der Waals surface area contributed by atoms with Crippen LogP contribution >= 0.6 is 8.81 Å². The van der Waals surface area contributed by atoms with E-state index in [2.05, 4.69) is 5.92 Å². The molecule has 2 unspecified atom stereocenters. The minimum absolute atomic E-state index is 0. The van der Waals surface area contributed by atoms with Gasteiger partial charge in [0.05, 0.1) is 12.5 Å². The van der Waals surface area contributed by atoms with E-state index in [1.807, 2.05) is 25.7 Å². The van der Waals surface area contributed by atoms with Crippen LogP contribution in [0.25, 0.3) is 6.08 Å². The van der Waals surface area contributed by atoms with Crippen molar-refractivity contribution >= 4 is 14.9 Å². The smallest absolute Gasteiger partial charge is 0.143 e. The molecule has 1 rings (SSSR count). The minimum atomic E-state index is -0.228. The predicted octanol–water partition coefficient (Wildman–Crippen LogP) is 2.92. The van der Waals surface area contributed by atoms with E-state index in [1.54, 1.807) is 12.5 Å². The maximum atomic E-state index is 5.39. The van der Waals surface area contributed by atoms with E-state index in [9.17, 15) is 0 Å². The van der Waals surface area contributed by atoms with Crippen molar-refractivity contribution in [2.24, 2.45) is 0 Å². The summed E-state index contributed by atoms with van der Waals surface area (Å²) in [6, 6.07) is 1.88. The van der Waals surface area contributed by atoms with Crippen LogP contribution in [0.15, 0.2) is 28.6 Å². The maximum Gasteiger partial charge on any atom is 0.143 e. The summed E-state index contributed by atoms with van der Waals surface area (Å²) in [4.78, 5) is 0. The van der Waals surface area contributed by atoms with Gasteiger partial charge >= 0.3 is 0 Å². The molecule has 0 aliphatic carbocycles. The summed E-state index contributed by atoms with van der Waals surface area (Å²) in [6.45, 7) is 3.91. The number of hydrogen-bond acceptors (Lipinski definition) is 2. The van der Waals surface area contributed by atoms with E-state index in [0.717, 1.165) is 11.1 Å². The Morgan fingerprint density at radius 2 is 2.47 bits per heavy atom. The van der Waals surface area contributed by atoms with Gasteiger partial charge in [-0.2, -0.15) is 0 Å². The van der Waals surface area contributed by atoms with E-state index in [4.69, 9.17) is 15.4 Å². The second-order valence-electron chi connectivity index (χ2n) is 2.81. The van der Waals surface area contributed by atoms with Gasteiger partial charge in [0.15, 0.2) is 0 Å². The number of rotatable bonds is 4. The van der Waals surface area contributed by atoms with Gasteiger partial charge in [0.2, 0.25) is 0 Å². The largest absolute Gasteiger partial charge is 0.472 e. The molecular weight excluding hydrogens is 246 g/mol. The minimum Gasteiger partial charge on any atom is -0.472 e. The monoisotopic (exact) mass is 259 g/mol. The number of hydrogen-bond donors (Lipinski definition) is 0. The predicted molar refractivity (Wildman–Crippen MR) is 60.3 cm³/mol. The zero-order valence-corrected chi connectivity index (χ0v) is 11.1. The van der Waals surface area contributed by atoms with Gasteiger partial charge in [0.1, 0.15) is 6.10 Å². The Balaban J connectivity index is 0.00000196. The summed E-state index contributed by atoms with van der Waals surface area (Å²) in [5, 5.41) is 0. The molecule has 4 heteroatoms. The molecule has 2 nitrogen and oxygen atoms in total. The number of furan rings is 1. The second kappa shape index (κ2) is 7.80. The topological polar surface area (TPSA) is 22.4 Å². The fraction of sp³-hybridized carbons (Fsp3) is 0.273. The van der Waals surface area contributed by atoms with Gasteiger partial charge in [0, 0.05) is 32.9 Å². The summed E-state index contributed by atoms with van der Waals surface area (Å²) in [7, 11) is 0.399. The first kappa shape index (κ1) is 14.6. The Kier molecular flexibility index (Phi) is 7.56. The van der Waals surface area contributed by atoms with Crippen molar-refractivity contribution in [3.63, 3.8) is 0 Å². The summed E-state index contributed by atoms with van der Waals surface area (Å²) in [6.07, 6.45) is 10.4. The SMILES string of the molecule is C#CC(OPC)/C(C)=C/c1ccoc1.[V]. The average Bonchev–Trinajstić information content (AvgIpc) is 2.66. The van der Waals surface area contributed by atoms with Crippen LogP contribution in [0, 0.1) is 12.3 Å². The molecule has 0 aromatic carbocycles. The van der Waals surface area contributed by atoms with Gasteiger partial charge in [-0.25, -0.2) is 0 Å². The summed E-state index contributed by atoms with van der Waals surface area (Å²) in [5.41, 5.74) is 2.02. The quantitative estimate of drug-likeness (QED) is 0.612. The molecule has 0 saturated carbocycles. The normalized spacial score (nSPS) is 13.5. The Labute approximate surface area is 104 Å². The summed E-state index contributed by atoms with van der Waals surface area (Å²) < 4.78 is 10.3. The molecule has 0 fully saturated rings. The molecule has 1 radical (unpaired) electrons. The maximum absolute atomic E-state index is 5.39. The molecule has 0 saturated heterocycles. The van der Waals surface area contributed by atoms with E-state index < -0.39 is 0 Å². The van der Waals surface area contributed by atoms with Crippen LogP contribution in [0.4, 0.5) is 0 Å². The standard InChI is InChI=1S/C11H13O2P.V/c1-4-11(13-14-3)9(2)7-10-5-6-12-8-10;/h1,5-8,11,14H,2-3H3;/b9-7+;. The molecule has 0 bridgehead atoms. The van der Waals surface area contributed by atoms with Crippen molar-refractivity contribution in [1.29, 1.82) is 0 Å². The first-order valence-corrected chi connectivity index (χ1v) is 5.67. The summed E-state index contributed by atoms with van der Waals surface area (Å²) in [5.74, 6) is 2.60. The van der Waals surface area contributed by atoms with Crippen LogP contribution in [0.1, 0.15) is 12.5 Å². The molecule has 15 heavy (non-hydrogen) atoms. The van der Waals surface area contributed by atoms with E-state index in [0.29, 0.717) is 8.81 Å². The van der Waals surface area contributed by atoms with Gasteiger partial charge in [-0.15, -0.1) is 6.42 Å². The molecule has 0 amide bonds. The second-order valence-corrected chi connectivity index (χ2v) is 3.46. The van der Waals surface area contributed by atoms with Crippen molar-refractivity contribution in [1.82, 2.24) is 0 Å². The fourth-order valence-corrected chi connectivity index (χ4v) is 1.56.